The Labute approximate surface area is 68.7 Å². The van der Waals surface area contributed by atoms with Crippen molar-refractivity contribution in [3.8, 4) is 0 Å². The summed E-state index contributed by atoms with van der Waals surface area (Å²) in [6.45, 7) is 0. The summed E-state index contributed by atoms with van der Waals surface area (Å²) in [5.41, 5.74) is -0.233. The van der Waals surface area contributed by atoms with Crippen molar-refractivity contribution in [1.29, 1.82) is 0 Å². The van der Waals surface area contributed by atoms with Crippen LogP contribution in [-0.4, -0.2) is 9.97 Å². The maximum Gasteiger partial charge on any atom is 0.279 e. The van der Waals surface area contributed by atoms with Crippen LogP contribution in [0.5, 0.6) is 0 Å². The predicted octanol–water partition coefficient (Wildman–Crippen LogP) is 0.990. The molecule has 0 bridgehead atoms. The largest absolute Gasteiger partial charge is 0.279 e. The molecule has 3 heteroatoms. The highest BCUT2D eigenvalue weighted by Gasteiger charge is 1.93. The first kappa shape index (κ1) is 6.91. The molecule has 3 nitrogen and oxygen atoms in total. The van der Waals surface area contributed by atoms with Gasteiger partial charge in [0.25, 0.3) is 5.56 Å². The average Bonchev–Trinajstić information content (AvgIpc) is 2.29. The van der Waals surface area contributed by atoms with Crippen molar-refractivity contribution in [2.75, 3.05) is 0 Å². The molecule has 0 aliphatic heterocycles. The SMILES string of the molecule is O=c1ncncc2ccccc12. The van der Waals surface area contributed by atoms with Gasteiger partial charge in [-0.2, -0.15) is 4.98 Å². The van der Waals surface area contributed by atoms with Crippen LogP contribution in [0.3, 0.4) is 0 Å². The van der Waals surface area contributed by atoms with Crippen LogP contribution in [0.25, 0.3) is 10.8 Å². The van der Waals surface area contributed by atoms with Gasteiger partial charge in [0.15, 0.2) is 0 Å². The standard InChI is InChI=1S/C9H6N2O/c12-9-8-4-2-1-3-7(8)5-10-6-11-9/h1-6H. The molecule has 0 amide bonds. The summed E-state index contributed by atoms with van der Waals surface area (Å²) < 4.78 is 0. The maximum absolute atomic E-state index is 11.2. The highest BCUT2D eigenvalue weighted by molar-refractivity contribution is 5.79. The number of benzene rings is 1. The Morgan fingerprint density at radius 2 is 2.00 bits per heavy atom. The van der Waals surface area contributed by atoms with Crippen LogP contribution in [0.15, 0.2) is 41.6 Å². The lowest BCUT2D eigenvalue weighted by Gasteiger charge is -1.85. The molecule has 1 heterocycles. The van der Waals surface area contributed by atoms with Gasteiger partial charge in [-0.15, -0.1) is 0 Å². The van der Waals surface area contributed by atoms with Crippen LogP contribution in [0.2, 0.25) is 0 Å². The van der Waals surface area contributed by atoms with E-state index in [0.717, 1.165) is 5.39 Å². The van der Waals surface area contributed by atoms with E-state index < -0.39 is 0 Å². The summed E-state index contributed by atoms with van der Waals surface area (Å²) in [6.07, 6.45) is 2.89. The van der Waals surface area contributed by atoms with Gasteiger partial charge in [0.2, 0.25) is 0 Å². The minimum absolute atomic E-state index is 0.233. The number of hydrogen-bond acceptors (Lipinski definition) is 3. The fourth-order valence-electron chi connectivity index (χ4n) is 1.07. The molecule has 0 saturated carbocycles. The summed E-state index contributed by atoms with van der Waals surface area (Å²) in [4.78, 5) is 18.7. The molecule has 2 aromatic rings. The molecule has 0 spiro atoms. The van der Waals surface area contributed by atoms with Crippen LogP contribution in [-0.2, 0) is 0 Å². The zero-order valence-corrected chi connectivity index (χ0v) is 6.27. The fraction of sp³-hybridized carbons (Fsp3) is 0. The summed E-state index contributed by atoms with van der Waals surface area (Å²) in [7, 11) is 0. The molecule has 1 aromatic carbocycles. The molecule has 0 N–H and O–H groups in total. The Morgan fingerprint density at radius 3 is 2.92 bits per heavy atom. The zero-order valence-electron chi connectivity index (χ0n) is 6.27. The van der Waals surface area contributed by atoms with E-state index >= 15 is 0 Å². The minimum Gasteiger partial charge on any atom is -0.267 e. The van der Waals surface area contributed by atoms with Crippen LogP contribution in [0.1, 0.15) is 0 Å². The van der Waals surface area contributed by atoms with Crippen LogP contribution >= 0.6 is 0 Å². The fourth-order valence-corrected chi connectivity index (χ4v) is 1.07. The quantitative estimate of drug-likeness (QED) is 0.574. The van der Waals surface area contributed by atoms with Crippen molar-refractivity contribution < 1.29 is 0 Å². The Bertz CT molecular complexity index is 468. The third-order valence-corrected chi connectivity index (χ3v) is 1.65. The third kappa shape index (κ3) is 1.05. The zero-order chi connectivity index (χ0) is 8.39. The van der Waals surface area contributed by atoms with Gasteiger partial charge in [0.05, 0.1) is 5.39 Å². The lowest BCUT2D eigenvalue weighted by Crippen LogP contribution is -2.00. The van der Waals surface area contributed by atoms with E-state index in [1.165, 1.54) is 6.33 Å². The summed E-state index contributed by atoms with van der Waals surface area (Å²) in [5, 5.41) is 1.43. The third-order valence-electron chi connectivity index (χ3n) is 1.65. The molecule has 0 aliphatic carbocycles. The van der Waals surface area contributed by atoms with Crippen LogP contribution in [0.4, 0.5) is 0 Å². The molecule has 0 saturated heterocycles. The first-order valence-electron chi connectivity index (χ1n) is 3.57. The summed E-state index contributed by atoms with van der Waals surface area (Å²) in [5.74, 6) is 0. The van der Waals surface area contributed by atoms with Gasteiger partial charge >= 0.3 is 0 Å². The maximum atomic E-state index is 11.2. The molecule has 0 atom stereocenters. The highest BCUT2D eigenvalue weighted by atomic mass is 16.1. The van der Waals surface area contributed by atoms with Crippen molar-refractivity contribution in [2.45, 2.75) is 0 Å². The van der Waals surface area contributed by atoms with Crippen LogP contribution < -0.4 is 5.56 Å². The second-order valence-corrected chi connectivity index (χ2v) is 2.42. The van der Waals surface area contributed by atoms with Crippen molar-refractivity contribution >= 4 is 10.8 Å². The molecule has 0 fully saturated rings. The van der Waals surface area contributed by atoms with Gasteiger partial charge in [-0.05, 0) is 6.07 Å². The summed E-state index contributed by atoms with van der Waals surface area (Å²) >= 11 is 0. The molecule has 0 unspecified atom stereocenters. The predicted molar refractivity (Wildman–Crippen MR) is 45.8 cm³/mol. The Morgan fingerprint density at radius 1 is 1.17 bits per heavy atom. The number of fused-ring (bicyclic) bond motifs is 1. The van der Waals surface area contributed by atoms with Gasteiger partial charge in [0, 0.05) is 11.6 Å². The Kier molecular flexibility index (Phi) is 1.55. The van der Waals surface area contributed by atoms with E-state index in [9.17, 15) is 4.79 Å². The second kappa shape index (κ2) is 2.70. The van der Waals surface area contributed by atoms with Gasteiger partial charge in [-0.1, -0.05) is 18.2 Å². The second-order valence-electron chi connectivity index (χ2n) is 2.42. The van der Waals surface area contributed by atoms with E-state index in [1.807, 2.05) is 18.2 Å². The smallest absolute Gasteiger partial charge is 0.267 e. The van der Waals surface area contributed by atoms with E-state index in [-0.39, 0.29) is 5.56 Å². The average molecular weight is 158 g/mol. The van der Waals surface area contributed by atoms with E-state index in [4.69, 9.17) is 0 Å². The summed E-state index contributed by atoms with van der Waals surface area (Å²) in [6, 6.07) is 7.26. The Balaban J connectivity index is 3.06. The van der Waals surface area contributed by atoms with Gasteiger partial charge in [0.1, 0.15) is 6.33 Å². The van der Waals surface area contributed by atoms with E-state index in [0.29, 0.717) is 5.39 Å². The lowest BCUT2D eigenvalue weighted by atomic mass is 10.2. The molecule has 58 valence electrons. The number of hydrogen-bond donors (Lipinski definition) is 0. The van der Waals surface area contributed by atoms with E-state index in [2.05, 4.69) is 9.97 Å². The molecule has 12 heavy (non-hydrogen) atoms. The van der Waals surface area contributed by atoms with Gasteiger partial charge in [-0.25, -0.2) is 4.98 Å². The molecule has 2 rings (SSSR count). The molecule has 1 aromatic heterocycles. The lowest BCUT2D eigenvalue weighted by molar-refractivity contribution is 1.19. The first-order chi connectivity index (χ1) is 5.88. The van der Waals surface area contributed by atoms with Gasteiger partial charge in [-0.3, -0.25) is 4.79 Å². The van der Waals surface area contributed by atoms with Crippen molar-refractivity contribution in [1.82, 2.24) is 9.97 Å². The topological polar surface area (TPSA) is 42.9 Å². The number of rotatable bonds is 0. The first-order valence-corrected chi connectivity index (χ1v) is 3.57. The van der Waals surface area contributed by atoms with E-state index in [1.54, 1.807) is 12.3 Å². The van der Waals surface area contributed by atoms with Crippen LogP contribution in [0, 0.1) is 0 Å². The van der Waals surface area contributed by atoms with Crippen molar-refractivity contribution in [3.05, 3.63) is 47.1 Å². The molecular weight excluding hydrogens is 152 g/mol. The molecule has 0 aliphatic rings. The normalized spacial score (nSPS) is 10.0. The van der Waals surface area contributed by atoms with Gasteiger partial charge < -0.3 is 0 Å². The molecule has 0 radical (unpaired) electrons. The minimum atomic E-state index is -0.233. The van der Waals surface area contributed by atoms with Crippen molar-refractivity contribution in [3.63, 3.8) is 0 Å². The Hall–Kier alpha value is -1.77. The highest BCUT2D eigenvalue weighted by Crippen LogP contribution is 2.04. The number of nitrogens with zero attached hydrogens (tertiary/aromatic N) is 2. The monoisotopic (exact) mass is 158 g/mol. The molecular formula is C9H6N2O. The number of aromatic nitrogens is 2. The van der Waals surface area contributed by atoms with Crippen molar-refractivity contribution in [2.24, 2.45) is 0 Å².